The van der Waals surface area contributed by atoms with E-state index in [-0.39, 0.29) is 18.3 Å². The maximum Gasteiger partial charge on any atom is 0.261 e. The highest BCUT2D eigenvalue weighted by molar-refractivity contribution is 6.35. The summed E-state index contributed by atoms with van der Waals surface area (Å²) in [6, 6.07) is 4.78. The molecule has 0 aliphatic carbocycles. The summed E-state index contributed by atoms with van der Waals surface area (Å²) in [5, 5.41) is 11.4. The number of benzene rings is 1. The summed E-state index contributed by atoms with van der Waals surface area (Å²) in [5.74, 6) is 0.695. The number of nitrogens with one attached hydrogen (secondary N) is 1. The number of aromatic nitrogens is 4. The molecule has 0 saturated carbocycles. The Morgan fingerprint density at radius 1 is 1.42 bits per heavy atom. The summed E-state index contributed by atoms with van der Waals surface area (Å²) >= 11 is 11.9. The van der Waals surface area contributed by atoms with Crippen LogP contribution in [0.2, 0.25) is 10.0 Å². The number of halogens is 2. The van der Waals surface area contributed by atoms with E-state index in [0.29, 0.717) is 21.6 Å². The smallest absolute Gasteiger partial charge is 0.261 e. The first-order valence-corrected chi connectivity index (χ1v) is 8.39. The van der Waals surface area contributed by atoms with Crippen molar-refractivity contribution in [2.24, 2.45) is 7.05 Å². The molecule has 10 heteroatoms. The lowest BCUT2D eigenvalue weighted by atomic mass is 10.3. The minimum absolute atomic E-state index is 0.0775. The van der Waals surface area contributed by atoms with Crippen molar-refractivity contribution >= 4 is 29.1 Å². The summed E-state index contributed by atoms with van der Waals surface area (Å²) in [4.78, 5) is 16.4. The van der Waals surface area contributed by atoms with E-state index in [0.717, 1.165) is 5.56 Å². The number of rotatable bonds is 6. The second-order valence-electron chi connectivity index (χ2n) is 5.47. The quantitative estimate of drug-likeness (QED) is 0.689. The van der Waals surface area contributed by atoms with Gasteiger partial charge in [0, 0.05) is 18.3 Å². The second kappa shape index (κ2) is 7.76. The molecule has 1 unspecified atom stereocenters. The van der Waals surface area contributed by atoms with Gasteiger partial charge >= 0.3 is 0 Å². The van der Waals surface area contributed by atoms with E-state index >= 15 is 0 Å². The first kappa shape index (κ1) is 18.2. The molecular formula is C16H15Cl2N5O3. The number of ether oxygens (including phenoxy) is 1. The van der Waals surface area contributed by atoms with Gasteiger partial charge in [-0.05, 0) is 25.1 Å². The number of carbonyl (C=O) groups is 1. The van der Waals surface area contributed by atoms with Gasteiger partial charge in [-0.1, -0.05) is 28.4 Å². The fourth-order valence-electron chi connectivity index (χ4n) is 2.10. The lowest BCUT2D eigenvalue weighted by Gasteiger charge is -2.15. The zero-order chi connectivity index (χ0) is 18.7. The molecule has 3 aromatic rings. The van der Waals surface area contributed by atoms with Crippen LogP contribution in [0.3, 0.4) is 0 Å². The third-order valence-electron chi connectivity index (χ3n) is 3.41. The Hall–Kier alpha value is -2.58. The third kappa shape index (κ3) is 4.33. The van der Waals surface area contributed by atoms with Crippen LogP contribution in [0.4, 0.5) is 0 Å². The van der Waals surface area contributed by atoms with Gasteiger partial charge in [0.2, 0.25) is 11.7 Å². The Kier molecular flexibility index (Phi) is 5.43. The molecule has 0 fully saturated rings. The van der Waals surface area contributed by atoms with Crippen LogP contribution in [0, 0.1) is 0 Å². The van der Waals surface area contributed by atoms with Crippen molar-refractivity contribution in [3.05, 3.63) is 46.5 Å². The average Bonchev–Trinajstić information content (AvgIpc) is 3.24. The molecule has 26 heavy (non-hydrogen) atoms. The predicted octanol–water partition coefficient (Wildman–Crippen LogP) is 2.86. The second-order valence-corrected chi connectivity index (χ2v) is 6.31. The van der Waals surface area contributed by atoms with Crippen LogP contribution in [-0.2, 0) is 18.4 Å². The Balaban J connectivity index is 1.55. The van der Waals surface area contributed by atoms with Crippen molar-refractivity contribution in [1.82, 2.24) is 25.2 Å². The Morgan fingerprint density at radius 3 is 2.92 bits per heavy atom. The zero-order valence-electron chi connectivity index (χ0n) is 13.9. The highest BCUT2D eigenvalue weighted by Gasteiger charge is 2.18. The van der Waals surface area contributed by atoms with Crippen molar-refractivity contribution in [3.63, 3.8) is 0 Å². The Labute approximate surface area is 159 Å². The van der Waals surface area contributed by atoms with Gasteiger partial charge in [0.25, 0.3) is 5.91 Å². The molecule has 2 heterocycles. The van der Waals surface area contributed by atoms with Gasteiger partial charge in [0.15, 0.2) is 6.10 Å². The van der Waals surface area contributed by atoms with E-state index < -0.39 is 6.10 Å². The monoisotopic (exact) mass is 395 g/mol. The van der Waals surface area contributed by atoms with E-state index in [4.69, 9.17) is 32.5 Å². The van der Waals surface area contributed by atoms with E-state index in [2.05, 4.69) is 20.6 Å². The van der Waals surface area contributed by atoms with Gasteiger partial charge in [-0.3, -0.25) is 9.48 Å². The first-order valence-electron chi connectivity index (χ1n) is 7.63. The molecule has 0 radical (unpaired) electrons. The van der Waals surface area contributed by atoms with E-state index in [1.807, 2.05) is 0 Å². The van der Waals surface area contributed by atoms with Gasteiger partial charge in [-0.15, -0.1) is 0 Å². The molecule has 0 spiro atoms. The number of hydrogen-bond donors (Lipinski definition) is 1. The number of amides is 1. The summed E-state index contributed by atoms with van der Waals surface area (Å²) in [6.45, 7) is 1.68. The topological polar surface area (TPSA) is 95.1 Å². The van der Waals surface area contributed by atoms with E-state index in [1.165, 1.54) is 0 Å². The Morgan fingerprint density at radius 2 is 2.23 bits per heavy atom. The minimum atomic E-state index is -0.769. The lowest BCUT2D eigenvalue weighted by Crippen LogP contribution is -2.36. The summed E-state index contributed by atoms with van der Waals surface area (Å²) in [6.07, 6.45) is 2.62. The third-order valence-corrected chi connectivity index (χ3v) is 3.94. The van der Waals surface area contributed by atoms with E-state index in [9.17, 15) is 4.79 Å². The van der Waals surface area contributed by atoms with Gasteiger partial charge in [0.05, 0.1) is 23.3 Å². The van der Waals surface area contributed by atoms with Crippen molar-refractivity contribution in [3.8, 4) is 17.1 Å². The van der Waals surface area contributed by atoms with Crippen LogP contribution < -0.4 is 10.1 Å². The maximum absolute atomic E-state index is 12.2. The summed E-state index contributed by atoms with van der Waals surface area (Å²) < 4.78 is 12.3. The van der Waals surface area contributed by atoms with Gasteiger partial charge in [-0.25, -0.2) is 0 Å². The number of aryl methyl sites for hydroxylation is 1. The van der Waals surface area contributed by atoms with Crippen LogP contribution in [0.15, 0.2) is 35.1 Å². The molecule has 2 aromatic heterocycles. The molecule has 136 valence electrons. The molecule has 0 saturated heterocycles. The molecule has 0 aliphatic heterocycles. The van der Waals surface area contributed by atoms with Crippen molar-refractivity contribution in [2.75, 3.05) is 0 Å². The molecule has 0 bridgehead atoms. The fraction of sp³-hybridized carbons (Fsp3) is 0.250. The van der Waals surface area contributed by atoms with Crippen LogP contribution in [0.25, 0.3) is 11.4 Å². The zero-order valence-corrected chi connectivity index (χ0v) is 15.5. The molecule has 1 amide bonds. The highest BCUT2D eigenvalue weighted by atomic mass is 35.5. The number of carbonyl (C=O) groups excluding carboxylic acids is 1. The van der Waals surface area contributed by atoms with Crippen molar-refractivity contribution < 1.29 is 14.1 Å². The summed E-state index contributed by atoms with van der Waals surface area (Å²) in [5.41, 5.74) is 0.725. The minimum Gasteiger partial charge on any atom is -0.479 e. The maximum atomic E-state index is 12.2. The number of hydrogen-bond acceptors (Lipinski definition) is 6. The fourth-order valence-corrected chi connectivity index (χ4v) is 2.55. The van der Waals surface area contributed by atoms with Crippen LogP contribution in [-0.4, -0.2) is 31.9 Å². The van der Waals surface area contributed by atoms with Gasteiger partial charge in [0.1, 0.15) is 5.75 Å². The summed E-state index contributed by atoms with van der Waals surface area (Å²) in [7, 11) is 1.79. The largest absolute Gasteiger partial charge is 0.479 e. The van der Waals surface area contributed by atoms with Crippen LogP contribution in [0.5, 0.6) is 5.75 Å². The van der Waals surface area contributed by atoms with Crippen LogP contribution in [0.1, 0.15) is 12.8 Å². The molecule has 1 N–H and O–H groups in total. The standard InChI is InChI=1S/C16H15Cl2N5O3/c1-9(25-13-4-3-11(17)5-12(13)18)16(24)19-7-14-21-15(22-26-14)10-6-20-23(2)8-10/h3-6,8-9H,7H2,1-2H3,(H,19,24). The lowest BCUT2D eigenvalue weighted by molar-refractivity contribution is -0.127. The van der Waals surface area contributed by atoms with Gasteiger partial charge < -0.3 is 14.6 Å². The van der Waals surface area contributed by atoms with Crippen LogP contribution >= 0.6 is 23.2 Å². The van der Waals surface area contributed by atoms with Crippen molar-refractivity contribution in [1.29, 1.82) is 0 Å². The highest BCUT2D eigenvalue weighted by Crippen LogP contribution is 2.28. The van der Waals surface area contributed by atoms with Gasteiger partial charge in [-0.2, -0.15) is 10.1 Å². The van der Waals surface area contributed by atoms with E-state index in [1.54, 1.807) is 49.2 Å². The average molecular weight is 396 g/mol. The Bertz CT molecular complexity index is 924. The number of nitrogens with zero attached hydrogens (tertiary/aromatic N) is 4. The first-order chi connectivity index (χ1) is 12.4. The molecule has 8 nitrogen and oxygen atoms in total. The predicted molar refractivity (Wildman–Crippen MR) is 94.9 cm³/mol. The molecule has 3 rings (SSSR count). The normalized spacial score (nSPS) is 12.0. The molecule has 1 aromatic carbocycles. The van der Waals surface area contributed by atoms with Crippen molar-refractivity contribution in [2.45, 2.75) is 19.6 Å². The SMILES string of the molecule is CC(Oc1ccc(Cl)cc1Cl)C(=O)NCc1nc(-c2cnn(C)c2)no1. The molecular weight excluding hydrogens is 381 g/mol. The molecule has 1 atom stereocenters. The molecule has 0 aliphatic rings.